The number of hydrogen-bond donors (Lipinski definition) is 2. The van der Waals surface area contributed by atoms with Gasteiger partial charge in [-0.3, -0.25) is 9.59 Å². The molecule has 1 unspecified atom stereocenters. The molecule has 2 N–H and O–H groups in total. The number of anilines is 1. The Morgan fingerprint density at radius 1 is 1.47 bits per heavy atom. The molecule has 0 spiro atoms. The maximum absolute atomic E-state index is 11.9. The van der Waals surface area contributed by atoms with E-state index in [1.165, 1.54) is 6.08 Å². The lowest BCUT2D eigenvalue weighted by molar-refractivity contribution is -0.123. The minimum atomic E-state index is -0.493. The van der Waals surface area contributed by atoms with Gasteiger partial charge in [-0.2, -0.15) is 0 Å². The lowest BCUT2D eigenvalue weighted by atomic mass is 10.1. The predicted molar refractivity (Wildman–Crippen MR) is 65.5 cm³/mol. The van der Waals surface area contributed by atoms with Gasteiger partial charge in [0.1, 0.15) is 6.04 Å². The van der Waals surface area contributed by atoms with Crippen LogP contribution in [0.25, 0.3) is 0 Å². The number of rotatable bonds is 2. The molecule has 0 bridgehead atoms. The molecular formula is C13H14N2O2. The average Bonchev–Trinajstić information content (AvgIpc) is 2.49. The predicted octanol–water partition coefficient (Wildman–Crippen LogP) is 1.24. The first-order chi connectivity index (χ1) is 8.20. The van der Waals surface area contributed by atoms with Crippen LogP contribution in [-0.2, 0) is 16.0 Å². The highest BCUT2D eigenvalue weighted by molar-refractivity contribution is 5.99. The monoisotopic (exact) mass is 230 g/mol. The Bertz CT molecular complexity index is 468. The Hall–Kier alpha value is -2.10. The van der Waals surface area contributed by atoms with Gasteiger partial charge >= 0.3 is 0 Å². The van der Waals surface area contributed by atoms with Crippen LogP contribution >= 0.6 is 0 Å². The molecule has 2 amide bonds. The number of amides is 2. The Kier molecular flexibility index (Phi) is 3.23. The molecule has 2 rings (SSSR count). The fourth-order valence-corrected chi connectivity index (χ4v) is 1.88. The van der Waals surface area contributed by atoms with E-state index < -0.39 is 6.04 Å². The molecule has 0 radical (unpaired) electrons. The molecule has 0 fully saturated rings. The summed E-state index contributed by atoms with van der Waals surface area (Å²) in [5, 5.41) is 5.44. The summed E-state index contributed by atoms with van der Waals surface area (Å²) >= 11 is 0. The van der Waals surface area contributed by atoms with Crippen molar-refractivity contribution in [3.8, 4) is 0 Å². The molecule has 1 aliphatic heterocycles. The van der Waals surface area contributed by atoms with E-state index in [9.17, 15) is 9.59 Å². The summed E-state index contributed by atoms with van der Waals surface area (Å²) in [6.07, 6.45) is 2.53. The van der Waals surface area contributed by atoms with Crippen molar-refractivity contribution in [2.24, 2.45) is 0 Å². The Balaban J connectivity index is 2.15. The Labute approximate surface area is 99.7 Å². The number of fused-ring (bicyclic) bond motifs is 1. The summed E-state index contributed by atoms with van der Waals surface area (Å²) in [5.41, 5.74) is 1.92. The molecule has 0 saturated heterocycles. The van der Waals surface area contributed by atoms with Gasteiger partial charge in [0.05, 0.1) is 0 Å². The lowest BCUT2D eigenvalue weighted by Gasteiger charge is -2.13. The molecule has 1 aromatic rings. The zero-order valence-electron chi connectivity index (χ0n) is 9.40. The van der Waals surface area contributed by atoms with Gasteiger partial charge in [0.2, 0.25) is 11.8 Å². The van der Waals surface area contributed by atoms with Crippen molar-refractivity contribution in [2.45, 2.75) is 18.9 Å². The first-order valence-corrected chi connectivity index (χ1v) is 5.52. The van der Waals surface area contributed by atoms with Gasteiger partial charge in [-0.15, -0.1) is 0 Å². The number of hydrogen-bond acceptors (Lipinski definition) is 2. The normalized spacial score (nSPS) is 18.6. The van der Waals surface area contributed by atoms with E-state index in [0.29, 0.717) is 6.42 Å². The molecule has 17 heavy (non-hydrogen) atoms. The van der Waals surface area contributed by atoms with E-state index in [1.54, 1.807) is 0 Å². The van der Waals surface area contributed by atoms with Crippen molar-refractivity contribution in [3.63, 3.8) is 0 Å². The average molecular weight is 230 g/mol. The molecule has 1 aliphatic rings. The van der Waals surface area contributed by atoms with E-state index in [2.05, 4.69) is 17.2 Å². The summed E-state index contributed by atoms with van der Waals surface area (Å²) < 4.78 is 0. The summed E-state index contributed by atoms with van der Waals surface area (Å²) in [7, 11) is 0. The van der Waals surface area contributed by atoms with Gasteiger partial charge in [-0.25, -0.2) is 0 Å². The molecule has 0 saturated carbocycles. The van der Waals surface area contributed by atoms with Crippen LogP contribution in [0.4, 0.5) is 5.69 Å². The van der Waals surface area contributed by atoms with Crippen molar-refractivity contribution in [1.29, 1.82) is 0 Å². The maximum Gasteiger partial charge on any atom is 0.246 e. The highest BCUT2D eigenvalue weighted by Crippen LogP contribution is 2.21. The molecule has 1 heterocycles. The van der Waals surface area contributed by atoms with Gasteiger partial charge < -0.3 is 10.6 Å². The van der Waals surface area contributed by atoms with E-state index >= 15 is 0 Å². The Morgan fingerprint density at radius 2 is 2.24 bits per heavy atom. The summed E-state index contributed by atoms with van der Waals surface area (Å²) in [6.45, 7) is 3.37. The second-order valence-electron chi connectivity index (χ2n) is 3.95. The van der Waals surface area contributed by atoms with Crippen LogP contribution in [-0.4, -0.2) is 17.9 Å². The standard InChI is InChI=1S/C13H14N2O2/c1-2-12(16)14-11-8-7-9-5-3-4-6-10(9)15-13(11)17/h2-6,11H,1,7-8H2,(H,14,16)(H,15,17). The fraction of sp³-hybridized carbons (Fsp3) is 0.231. The number of benzene rings is 1. The maximum atomic E-state index is 11.9. The summed E-state index contributed by atoms with van der Waals surface area (Å²) in [5.74, 6) is -0.499. The first-order valence-electron chi connectivity index (χ1n) is 5.52. The zero-order valence-corrected chi connectivity index (χ0v) is 9.40. The number of aryl methyl sites for hydroxylation is 1. The van der Waals surface area contributed by atoms with E-state index in [-0.39, 0.29) is 11.8 Å². The Morgan fingerprint density at radius 3 is 3.00 bits per heavy atom. The largest absolute Gasteiger partial charge is 0.341 e. The molecule has 4 heteroatoms. The third-order valence-electron chi connectivity index (χ3n) is 2.80. The van der Waals surface area contributed by atoms with Crippen LogP contribution in [0.1, 0.15) is 12.0 Å². The highest BCUT2D eigenvalue weighted by atomic mass is 16.2. The third kappa shape index (κ3) is 2.53. The van der Waals surface area contributed by atoms with Crippen molar-refractivity contribution >= 4 is 17.5 Å². The van der Waals surface area contributed by atoms with Crippen LogP contribution in [0.5, 0.6) is 0 Å². The minimum Gasteiger partial charge on any atom is -0.341 e. The molecular weight excluding hydrogens is 216 g/mol. The lowest BCUT2D eigenvalue weighted by Crippen LogP contribution is -2.42. The smallest absolute Gasteiger partial charge is 0.246 e. The van der Waals surface area contributed by atoms with Gasteiger partial charge in [0.15, 0.2) is 0 Å². The van der Waals surface area contributed by atoms with E-state index in [1.807, 2.05) is 24.3 Å². The molecule has 0 aromatic heterocycles. The molecule has 88 valence electrons. The van der Waals surface area contributed by atoms with Crippen LogP contribution in [0.2, 0.25) is 0 Å². The number of para-hydroxylation sites is 1. The quantitative estimate of drug-likeness (QED) is 0.751. The molecule has 1 aromatic carbocycles. The van der Waals surface area contributed by atoms with Crippen LogP contribution < -0.4 is 10.6 Å². The second-order valence-corrected chi connectivity index (χ2v) is 3.95. The molecule has 1 atom stereocenters. The van der Waals surface area contributed by atoms with Gasteiger partial charge in [0, 0.05) is 5.69 Å². The summed E-state index contributed by atoms with van der Waals surface area (Å²) in [6, 6.07) is 7.17. The van der Waals surface area contributed by atoms with Crippen LogP contribution in [0.15, 0.2) is 36.9 Å². The van der Waals surface area contributed by atoms with Crippen molar-refractivity contribution < 1.29 is 9.59 Å². The van der Waals surface area contributed by atoms with Gasteiger partial charge in [-0.1, -0.05) is 24.8 Å². The van der Waals surface area contributed by atoms with Crippen LogP contribution in [0, 0.1) is 0 Å². The highest BCUT2D eigenvalue weighted by Gasteiger charge is 2.23. The van der Waals surface area contributed by atoms with Crippen molar-refractivity contribution in [3.05, 3.63) is 42.5 Å². The summed E-state index contributed by atoms with van der Waals surface area (Å²) in [4.78, 5) is 23.1. The topological polar surface area (TPSA) is 58.2 Å². The zero-order chi connectivity index (χ0) is 12.3. The second kappa shape index (κ2) is 4.82. The van der Waals surface area contributed by atoms with Crippen molar-refractivity contribution in [1.82, 2.24) is 5.32 Å². The minimum absolute atomic E-state index is 0.176. The van der Waals surface area contributed by atoms with Crippen LogP contribution in [0.3, 0.4) is 0 Å². The van der Waals surface area contributed by atoms with E-state index in [4.69, 9.17) is 0 Å². The van der Waals surface area contributed by atoms with E-state index in [0.717, 1.165) is 17.7 Å². The molecule has 0 aliphatic carbocycles. The number of carbonyl (C=O) groups is 2. The van der Waals surface area contributed by atoms with Gasteiger partial charge in [0.25, 0.3) is 0 Å². The number of carbonyl (C=O) groups excluding carboxylic acids is 2. The third-order valence-corrected chi connectivity index (χ3v) is 2.80. The molecule has 4 nitrogen and oxygen atoms in total. The SMILES string of the molecule is C=CC(=O)NC1CCc2ccccc2NC1=O. The fourth-order valence-electron chi connectivity index (χ4n) is 1.88. The first kappa shape index (κ1) is 11.4. The van der Waals surface area contributed by atoms with Gasteiger partial charge in [-0.05, 0) is 30.5 Å². The van der Waals surface area contributed by atoms with Crippen molar-refractivity contribution in [2.75, 3.05) is 5.32 Å². The number of nitrogens with one attached hydrogen (secondary N) is 2.